The van der Waals surface area contributed by atoms with Crippen molar-refractivity contribution in [2.24, 2.45) is 9.98 Å². The largest absolute Gasteiger partial charge is 0.360 e. The number of nitrogens with zero attached hydrogens (tertiary/aromatic N) is 4. The van der Waals surface area contributed by atoms with Gasteiger partial charge < -0.3 is 9.80 Å². The van der Waals surface area contributed by atoms with E-state index in [4.69, 9.17) is 9.98 Å². The quantitative estimate of drug-likeness (QED) is 0.385. The summed E-state index contributed by atoms with van der Waals surface area (Å²) in [6.45, 7) is 8.45. The molecule has 0 unspecified atom stereocenters. The smallest absolute Gasteiger partial charge is 0.208 e. The molecule has 0 radical (unpaired) electrons. The van der Waals surface area contributed by atoms with E-state index in [9.17, 15) is 8.42 Å². The third kappa shape index (κ3) is 6.13. The highest BCUT2D eigenvalue weighted by Crippen LogP contribution is 2.32. The van der Waals surface area contributed by atoms with Crippen molar-refractivity contribution < 1.29 is 8.42 Å². The Bertz CT molecular complexity index is 1160. The van der Waals surface area contributed by atoms with Gasteiger partial charge in [0.05, 0.1) is 21.2 Å². The van der Waals surface area contributed by atoms with Gasteiger partial charge in [0.25, 0.3) is 0 Å². The molecule has 6 nitrogen and oxygen atoms in total. The molecule has 2 heterocycles. The average molecular weight is 495 g/mol. The van der Waals surface area contributed by atoms with Crippen molar-refractivity contribution in [2.75, 3.05) is 26.2 Å². The number of rotatable bonds is 10. The van der Waals surface area contributed by atoms with Crippen molar-refractivity contribution in [3.63, 3.8) is 0 Å². The van der Waals surface area contributed by atoms with Crippen LogP contribution in [0, 0.1) is 0 Å². The molecular weight excluding hydrogens is 456 g/mol. The Morgan fingerprint density at radius 1 is 0.771 bits per heavy atom. The van der Waals surface area contributed by atoms with Gasteiger partial charge in [-0.15, -0.1) is 0 Å². The molecule has 0 N–H and O–H groups in total. The number of benzene rings is 2. The van der Waals surface area contributed by atoms with E-state index in [1.54, 1.807) is 24.3 Å². The van der Waals surface area contributed by atoms with Gasteiger partial charge in [-0.05, 0) is 62.1 Å². The van der Waals surface area contributed by atoms with E-state index in [-0.39, 0.29) is 9.79 Å². The third-order valence-corrected chi connectivity index (χ3v) is 8.58. The van der Waals surface area contributed by atoms with E-state index in [0.717, 1.165) is 88.5 Å². The molecule has 2 fully saturated rings. The fraction of sp³-hybridized carbons (Fsp3) is 0.500. The van der Waals surface area contributed by atoms with Gasteiger partial charge >= 0.3 is 0 Å². The van der Waals surface area contributed by atoms with Gasteiger partial charge in [-0.25, -0.2) is 18.4 Å². The summed E-state index contributed by atoms with van der Waals surface area (Å²) in [7, 11) is -3.70. The molecule has 2 aliphatic rings. The van der Waals surface area contributed by atoms with E-state index in [2.05, 4.69) is 23.6 Å². The van der Waals surface area contributed by atoms with Crippen LogP contribution in [0.3, 0.4) is 0 Å². The first-order valence-corrected chi connectivity index (χ1v) is 14.6. The maximum Gasteiger partial charge on any atom is 0.208 e. The fourth-order valence-corrected chi connectivity index (χ4v) is 6.15. The van der Waals surface area contributed by atoms with Crippen LogP contribution in [0.5, 0.6) is 0 Å². The zero-order chi connectivity index (χ0) is 24.7. The summed E-state index contributed by atoms with van der Waals surface area (Å²) in [4.78, 5) is 14.9. The van der Waals surface area contributed by atoms with Crippen LogP contribution < -0.4 is 0 Å². The van der Waals surface area contributed by atoms with Crippen molar-refractivity contribution in [3.8, 4) is 0 Å². The van der Waals surface area contributed by atoms with Gasteiger partial charge in [-0.3, -0.25) is 0 Å². The summed E-state index contributed by atoms with van der Waals surface area (Å²) < 4.78 is 27.2. The lowest BCUT2D eigenvalue weighted by molar-refractivity contribution is 0.439. The topological polar surface area (TPSA) is 65.3 Å². The predicted molar refractivity (Wildman–Crippen MR) is 144 cm³/mol. The Kier molecular flexibility index (Phi) is 8.60. The summed E-state index contributed by atoms with van der Waals surface area (Å²) in [5.74, 6) is 2.11. The number of para-hydroxylation sites is 1. The maximum atomic E-state index is 13.6. The van der Waals surface area contributed by atoms with E-state index in [1.165, 1.54) is 6.42 Å². The molecule has 0 spiro atoms. The summed E-state index contributed by atoms with van der Waals surface area (Å²) in [6.07, 6.45) is 8.64. The third-order valence-electron chi connectivity index (χ3n) is 6.76. The zero-order valence-corrected chi connectivity index (χ0v) is 21.9. The number of aliphatic imine (C=N–C) groups is 2. The van der Waals surface area contributed by atoms with E-state index in [1.807, 2.05) is 24.3 Å². The second kappa shape index (κ2) is 11.8. The molecule has 4 rings (SSSR count). The van der Waals surface area contributed by atoms with Crippen molar-refractivity contribution in [1.29, 1.82) is 0 Å². The molecule has 2 saturated heterocycles. The van der Waals surface area contributed by atoms with Gasteiger partial charge in [0.2, 0.25) is 9.84 Å². The molecule has 0 aliphatic carbocycles. The van der Waals surface area contributed by atoms with Gasteiger partial charge in [0.1, 0.15) is 11.7 Å². The zero-order valence-electron chi connectivity index (χ0n) is 21.1. The summed E-state index contributed by atoms with van der Waals surface area (Å²) >= 11 is 0. The van der Waals surface area contributed by atoms with Crippen LogP contribution in [-0.4, -0.2) is 56.1 Å². The number of sulfone groups is 1. The Hall–Kier alpha value is -2.67. The molecule has 0 saturated carbocycles. The van der Waals surface area contributed by atoms with Crippen LogP contribution in [0.2, 0.25) is 0 Å². The van der Waals surface area contributed by atoms with Gasteiger partial charge in [0.15, 0.2) is 0 Å². The Morgan fingerprint density at radius 2 is 1.34 bits per heavy atom. The minimum Gasteiger partial charge on any atom is -0.360 e. The first kappa shape index (κ1) is 25.4. The lowest BCUT2D eigenvalue weighted by atomic mass is 10.3. The van der Waals surface area contributed by atoms with Crippen molar-refractivity contribution in [2.45, 2.75) is 75.0 Å². The number of hydrogen-bond donors (Lipinski definition) is 0. The van der Waals surface area contributed by atoms with Crippen LogP contribution >= 0.6 is 0 Å². The van der Waals surface area contributed by atoms with E-state index >= 15 is 0 Å². The fourth-order valence-electron chi connectivity index (χ4n) is 4.75. The van der Waals surface area contributed by atoms with Crippen molar-refractivity contribution >= 4 is 32.9 Å². The van der Waals surface area contributed by atoms with E-state index < -0.39 is 9.84 Å². The summed E-state index contributed by atoms with van der Waals surface area (Å²) in [5.41, 5.74) is 1.32. The molecule has 0 amide bonds. The molecule has 0 bridgehead atoms. The highest BCUT2D eigenvalue weighted by Gasteiger charge is 2.24. The van der Waals surface area contributed by atoms with Crippen molar-refractivity contribution in [3.05, 3.63) is 48.5 Å². The second-order valence-corrected chi connectivity index (χ2v) is 11.3. The minimum atomic E-state index is -3.70. The predicted octanol–water partition coefficient (Wildman–Crippen LogP) is 6.37. The van der Waals surface area contributed by atoms with Crippen LogP contribution in [0.1, 0.15) is 65.2 Å². The molecule has 35 heavy (non-hydrogen) atoms. The van der Waals surface area contributed by atoms with Crippen molar-refractivity contribution in [1.82, 2.24) is 9.80 Å². The molecule has 7 heteroatoms. The molecule has 2 aromatic carbocycles. The van der Waals surface area contributed by atoms with Gasteiger partial charge in [0, 0.05) is 39.0 Å². The molecule has 0 atom stereocenters. The maximum absolute atomic E-state index is 13.6. The molecule has 2 aromatic rings. The SMILES string of the molecule is CCCCN1CCCC1=Nc1ccc(S(=O)(=O)c2ccccc2N=C2CCCN2CCCC)cc1. The lowest BCUT2D eigenvalue weighted by Gasteiger charge is -2.19. The van der Waals surface area contributed by atoms with Crippen LogP contribution in [0.25, 0.3) is 0 Å². The first-order valence-electron chi connectivity index (χ1n) is 13.1. The summed E-state index contributed by atoms with van der Waals surface area (Å²) in [5, 5.41) is 0. The van der Waals surface area contributed by atoms with Gasteiger partial charge in [-0.1, -0.05) is 38.8 Å². The molecule has 0 aromatic heterocycles. The van der Waals surface area contributed by atoms with E-state index in [0.29, 0.717) is 5.69 Å². The molecule has 188 valence electrons. The molecule has 2 aliphatic heterocycles. The summed E-state index contributed by atoms with van der Waals surface area (Å²) in [6, 6.07) is 14.1. The van der Waals surface area contributed by atoms with Gasteiger partial charge in [-0.2, -0.15) is 0 Å². The van der Waals surface area contributed by atoms with Crippen LogP contribution in [0.4, 0.5) is 11.4 Å². The number of unbranched alkanes of at least 4 members (excludes halogenated alkanes) is 2. The number of likely N-dealkylation sites (tertiary alicyclic amines) is 2. The lowest BCUT2D eigenvalue weighted by Crippen LogP contribution is -2.25. The Balaban J connectivity index is 1.57. The number of amidine groups is 2. The van der Waals surface area contributed by atoms with Crippen LogP contribution in [0.15, 0.2) is 68.3 Å². The Labute approximate surface area is 210 Å². The average Bonchev–Trinajstić information content (AvgIpc) is 3.51. The normalized spacial score (nSPS) is 18.8. The Morgan fingerprint density at radius 3 is 1.94 bits per heavy atom. The second-order valence-electron chi connectivity index (χ2n) is 9.41. The molecular formula is C28H38N4O2S. The number of hydrogen-bond acceptors (Lipinski definition) is 4. The highest BCUT2D eigenvalue weighted by atomic mass is 32.2. The monoisotopic (exact) mass is 494 g/mol. The standard InChI is InChI=1S/C28H38N4O2S/c1-3-5-19-31-21-9-13-27(31)29-23-15-17-24(18-16-23)35(33,34)26-12-8-7-11-25(26)30-28-14-10-22-32(28)20-6-4-2/h7-8,11-12,15-18H,3-6,9-10,13-14,19-22H2,1-2H3. The first-order chi connectivity index (χ1) is 17.0. The highest BCUT2D eigenvalue weighted by molar-refractivity contribution is 7.91. The van der Waals surface area contributed by atoms with Crippen LogP contribution in [-0.2, 0) is 9.84 Å². The minimum absolute atomic E-state index is 0.260.